The van der Waals surface area contributed by atoms with E-state index in [2.05, 4.69) is 66.3 Å². The zero-order valence-corrected chi connectivity index (χ0v) is 19.8. The summed E-state index contributed by atoms with van der Waals surface area (Å²) in [5.74, 6) is 1.76. The number of hydrogen-bond acceptors (Lipinski definition) is 0. The molecule has 0 nitrogen and oxygen atoms in total. The van der Waals surface area contributed by atoms with Gasteiger partial charge < -0.3 is 0 Å². The quantitative estimate of drug-likeness (QED) is 0.415. The lowest BCUT2D eigenvalue weighted by molar-refractivity contribution is -0.0920. The van der Waals surface area contributed by atoms with Crippen LogP contribution in [0.1, 0.15) is 80.1 Å². The summed E-state index contributed by atoms with van der Waals surface area (Å²) in [6.07, 6.45) is 14.4. The highest BCUT2D eigenvalue weighted by Gasteiger charge is 2.63. The van der Waals surface area contributed by atoms with Crippen LogP contribution in [-0.4, -0.2) is 0 Å². The molecule has 0 heterocycles. The van der Waals surface area contributed by atoms with Gasteiger partial charge in [0, 0.05) is 0 Å². The molecule has 0 radical (unpaired) electrons. The lowest BCUT2D eigenvalue weighted by atomic mass is 9.38. The Hall–Kier alpha value is -1.30. The molecule has 0 heteroatoms. The van der Waals surface area contributed by atoms with Crippen LogP contribution in [0.25, 0.3) is 0 Å². The third-order valence-electron chi connectivity index (χ3n) is 10.0. The molecule has 0 spiro atoms. The Morgan fingerprint density at radius 2 is 1.72 bits per heavy atom. The molecule has 0 amide bonds. The Kier molecular flexibility index (Phi) is 4.59. The summed E-state index contributed by atoms with van der Waals surface area (Å²) in [7, 11) is 0. The highest BCUT2D eigenvalue weighted by molar-refractivity contribution is 5.39. The van der Waals surface area contributed by atoms with Gasteiger partial charge in [0.05, 0.1) is 0 Å². The molecule has 6 unspecified atom stereocenters. The molecule has 6 atom stereocenters. The third-order valence-corrected chi connectivity index (χ3v) is 10.0. The fraction of sp³-hybridized carbons (Fsp3) is 0.655. The molecule has 0 saturated heterocycles. The van der Waals surface area contributed by atoms with Crippen LogP contribution in [0.15, 0.2) is 60.3 Å². The predicted molar refractivity (Wildman–Crippen MR) is 127 cm³/mol. The minimum atomic E-state index is 0.174. The van der Waals surface area contributed by atoms with Gasteiger partial charge in [0.15, 0.2) is 0 Å². The van der Waals surface area contributed by atoms with Gasteiger partial charge in [-0.25, -0.2) is 0 Å². The highest BCUT2D eigenvalue weighted by Crippen LogP contribution is 2.71. The first kappa shape index (κ1) is 21.0. The molecule has 29 heavy (non-hydrogen) atoms. The van der Waals surface area contributed by atoms with Gasteiger partial charge >= 0.3 is 0 Å². The fourth-order valence-corrected chi connectivity index (χ4v) is 7.90. The van der Waals surface area contributed by atoms with Gasteiger partial charge in [0.1, 0.15) is 0 Å². The van der Waals surface area contributed by atoms with Gasteiger partial charge in [-0.2, -0.15) is 0 Å². The lowest BCUT2D eigenvalue weighted by Gasteiger charge is -2.66. The van der Waals surface area contributed by atoms with Crippen LogP contribution in [0.2, 0.25) is 0 Å². The molecule has 3 fully saturated rings. The maximum atomic E-state index is 4.79. The molecule has 158 valence electrons. The van der Waals surface area contributed by atoms with E-state index in [4.69, 9.17) is 13.2 Å². The van der Waals surface area contributed by atoms with E-state index in [0.29, 0.717) is 17.8 Å². The maximum absolute atomic E-state index is 4.79. The van der Waals surface area contributed by atoms with Crippen molar-refractivity contribution in [1.29, 1.82) is 0 Å². The summed E-state index contributed by atoms with van der Waals surface area (Å²) in [5, 5.41) is 0. The molecular weight excluding hydrogens is 348 g/mol. The summed E-state index contributed by atoms with van der Waals surface area (Å²) in [6.45, 7) is 28.7. The van der Waals surface area contributed by atoms with Crippen molar-refractivity contribution in [3.05, 3.63) is 60.3 Å². The highest BCUT2D eigenvalue weighted by atomic mass is 14.7. The van der Waals surface area contributed by atoms with Crippen molar-refractivity contribution in [3.8, 4) is 0 Å². The van der Waals surface area contributed by atoms with Gasteiger partial charge in [-0.05, 0) is 90.4 Å². The van der Waals surface area contributed by atoms with Crippen molar-refractivity contribution in [2.24, 2.45) is 39.4 Å². The van der Waals surface area contributed by atoms with Crippen molar-refractivity contribution < 1.29 is 0 Å². The lowest BCUT2D eigenvalue weighted by Crippen LogP contribution is -2.58. The second-order valence-electron chi connectivity index (χ2n) is 12.4. The molecule has 0 N–H and O–H groups in total. The number of rotatable bonds is 2. The monoisotopic (exact) mass is 390 g/mol. The van der Waals surface area contributed by atoms with E-state index in [9.17, 15) is 0 Å². The Balaban J connectivity index is 1.83. The number of fused-ring (bicyclic) bond motifs is 3. The second kappa shape index (κ2) is 6.35. The molecule has 4 aliphatic rings. The van der Waals surface area contributed by atoms with Crippen LogP contribution < -0.4 is 0 Å². The van der Waals surface area contributed by atoms with E-state index >= 15 is 0 Å². The Labute approximate surface area is 179 Å². The molecule has 3 saturated carbocycles. The smallest absolute Gasteiger partial charge is 0.00380 e. The summed E-state index contributed by atoms with van der Waals surface area (Å²) in [5.41, 5.74) is 6.82. The van der Waals surface area contributed by atoms with E-state index in [1.807, 2.05) is 0 Å². The summed E-state index contributed by atoms with van der Waals surface area (Å²) >= 11 is 0. The van der Waals surface area contributed by atoms with Gasteiger partial charge in [0.2, 0.25) is 0 Å². The zero-order valence-electron chi connectivity index (χ0n) is 19.8. The molecular formula is C29H42. The van der Waals surface area contributed by atoms with Crippen LogP contribution in [0.5, 0.6) is 0 Å². The average molecular weight is 391 g/mol. The van der Waals surface area contributed by atoms with Crippen molar-refractivity contribution in [3.63, 3.8) is 0 Å². The van der Waals surface area contributed by atoms with Crippen LogP contribution in [0.3, 0.4) is 0 Å². The molecule has 0 aromatic rings. The van der Waals surface area contributed by atoms with Crippen LogP contribution >= 0.6 is 0 Å². The molecule has 0 aromatic carbocycles. The summed E-state index contributed by atoms with van der Waals surface area (Å²) in [4.78, 5) is 0. The number of hydrogen-bond donors (Lipinski definition) is 0. The molecule has 0 aromatic heterocycles. The predicted octanol–water partition coefficient (Wildman–Crippen LogP) is 8.45. The van der Waals surface area contributed by atoms with Crippen molar-refractivity contribution >= 4 is 0 Å². The Bertz CT molecular complexity index is 832. The summed E-state index contributed by atoms with van der Waals surface area (Å²) < 4.78 is 0. The first-order valence-electron chi connectivity index (χ1n) is 11.8. The van der Waals surface area contributed by atoms with Gasteiger partial charge in [0.25, 0.3) is 0 Å². The molecule has 4 aliphatic carbocycles. The van der Waals surface area contributed by atoms with Crippen molar-refractivity contribution in [2.45, 2.75) is 80.1 Å². The van der Waals surface area contributed by atoms with Crippen LogP contribution in [0.4, 0.5) is 0 Å². The van der Waals surface area contributed by atoms with Crippen LogP contribution in [0, 0.1) is 39.4 Å². The SMILES string of the molecule is C=C(C)C1CC(C)(C)C(=C)C2C3CC(C)(C4=CCC=C4)CC(=C)C3(C)CCC12C. The van der Waals surface area contributed by atoms with E-state index in [1.54, 1.807) is 5.57 Å². The van der Waals surface area contributed by atoms with Gasteiger partial charge in [-0.15, -0.1) is 0 Å². The van der Waals surface area contributed by atoms with Crippen LogP contribution in [-0.2, 0) is 0 Å². The largest absolute Gasteiger partial charge is 0.0998 e. The summed E-state index contributed by atoms with van der Waals surface area (Å²) in [6, 6.07) is 0. The van der Waals surface area contributed by atoms with Gasteiger partial charge in [-0.3, -0.25) is 0 Å². The van der Waals surface area contributed by atoms with E-state index in [-0.39, 0.29) is 21.7 Å². The minimum absolute atomic E-state index is 0.174. The van der Waals surface area contributed by atoms with Crippen molar-refractivity contribution in [1.82, 2.24) is 0 Å². The standard InChI is InChI=1S/C29H42/c1-19(2)23-17-26(5,6)21(4)25-24-18-27(7,22-12-10-11-13-22)16-20(3)28(24,8)14-15-29(23,25)9/h10,12-13,23-25H,1,3-4,11,14-18H2,2,5-9H3. The first-order valence-corrected chi connectivity index (χ1v) is 11.8. The Morgan fingerprint density at radius 1 is 1.03 bits per heavy atom. The molecule has 0 bridgehead atoms. The van der Waals surface area contributed by atoms with E-state index in [1.165, 1.54) is 42.4 Å². The normalized spacial score (nSPS) is 46.1. The van der Waals surface area contributed by atoms with Crippen molar-refractivity contribution in [2.75, 3.05) is 0 Å². The fourth-order valence-electron chi connectivity index (χ4n) is 7.90. The molecule has 4 rings (SSSR count). The molecule has 0 aliphatic heterocycles. The second-order valence-corrected chi connectivity index (χ2v) is 12.4. The maximum Gasteiger partial charge on any atom is -0.00380 e. The van der Waals surface area contributed by atoms with E-state index < -0.39 is 0 Å². The third kappa shape index (κ3) is 2.84. The minimum Gasteiger partial charge on any atom is -0.0998 e. The zero-order chi connectivity index (χ0) is 21.4. The van der Waals surface area contributed by atoms with E-state index in [0.717, 1.165) is 12.8 Å². The van der Waals surface area contributed by atoms with Gasteiger partial charge in [-0.1, -0.05) is 89.3 Å². The first-order chi connectivity index (χ1) is 13.4. The number of allylic oxidation sites excluding steroid dienone is 7. The Morgan fingerprint density at radius 3 is 2.31 bits per heavy atom. The topological polar surface area (TPSA) is 0 Å². The average Bonchev–Trinajstić information content (AvgIpc) is 3.16.